The molecule has 0 spiro atoms. The molecule has 2 amide bonds. The molecular formula is C17H23N3O2S. The first kappa shape index (κ1) is 17.4. The molecule has 0 bridgehead atoms. The Bertz CT molecular complexity index is 542. The van der Waals surface area contributed by atoms with Crippen LogP contribution >= 0.6 is 12.2 Å². The Morgan fingerprint density at radius 3 is 2.43 bits per heavy atom. The fourth-order valence-electron chi connectivity index (χ4n) is 2.81. The summed E-state index contributed by atoms with van der Waals surface area (Å²) in [5.41, 5.74) is 5.53. The quantitative estimate of drug-likeness (QED) is 0.585. The second-order valence-corrected chi connectivity index (χ2v) is 6.27. The highest BCUT2D eigenvalue weighted by atomic mass is 32.1. The number of nitrogens with one attached hydrogen (secondary N) is 3. The van der Waals surface area contributed by atoms with Crippen LogP contribution in [-0.2, 0) is 4.79 Å². The summed E-state index contributed by atoms with van der Waals surface area (Å²) in [5, 5.41) is 2.71. The van der Waals surface area contributed by atoms with Gasteiger partial charge in [-0.05, 0) is 36.7 Å². The third kappa shape index (κ3) is 6.36. The van der Waals surface area contributed by atoms with Gasteiger partial charge >= 0.3 is 0 Å². The van der Waals surface area contributed by atoms with Crippen molar-refractivity contribution in [3.63, 3.8) is 0 Å². The van der Waals surface area contributed by atoms with Crippen molar-refractivity contribution in [3.05, 3.63) is 35.9 Å². The van der Waals surface area contributed by atoms with Gasteiger partial charge in [0.25, 0.3) is 5.91 Å². The van der Waals surface area contributed by atoms with E-state index in [1.54, 1.807) is 24.3 Å². The van der Waals surface area contributed by atoms with Crippen molar-refractivity contribution in [1.29, 1.82) is 0 Å². The molecule has 0 saturated heterocycles. The second-order valence-electron chi connectivity index (χ2n) is 5.87. The van der Waals surface area contributed by atoms with E-state index in [9.17, 15) is 9.59 Å². The molecule has 1 aromatic carbocycles. The summed E-state index contributed by atoms with van der Waals surface area (Å²) in [4.78, 5) is 23.7. The van der Waals surface area contributed by atoms with E-state index in [1.165, 1.54) is 32.1 Å². The molecule has 1 fully saturated rings. The van der Waals surface area contributed by atoms with Gasteiger partial charge in [-0.15, -0.1) is 0 Å². The van der Waals surface area contributed by atoms with E-state index in [0.29, 0.717) is 17.9 Å². The van der Waals surface area contributed by atoms with Gasteiger partial charge in [0.2, 0.25) is 5.91 Å². The summed E-state index contributed by atoms with van der Waals surface area (Å²) >= 11 is 5.01. The van der Waals surface area contributed by atoms with Crippen LogP contribution in [0.1, 0.15) is 55.3 Å². The van der Waals surface area contributed by atoms with E-state index in [4.69, 9.17) is 12.2 Å². The summed E-state index contributed by atoms with van der Waals surface area (Å²) in [6.45, 7) is 0. The molecule has 5 nitrogen and oxygen atoms in total. The number of rotatable bonds is 4. The van der Waals surface area contributed by atoms with Crippen molar-refractivity contribution in [2.24, 2.45) is 5.92 Å². The fourth-order valence-corrected chi connectivity index (χ4v) is 2.97. The third-order valence-electron chi connectivity index (χ3n) is 4.08. The summed E-state index contributed by atoms with van der Waals surface area (Å²) in [5.74, 6) is 0.250. The van der Waals surface area contributed by atoms with Crippen LogP contribution in [0.5, 0.6) is 0 Å². The number of benzene rings is 1. The van der Waals surface area contributed by atoms with Crippen LogP contribution in [0.4, 0.5) is 0 Å². The van der Waals surface area contributed by atoms with Crippen molar-refractivity contribution in [3.8, 4) is 0 Å². The van der Waals surface area contributed by atoms with Gasteiger partial charge in [-0.2, -0.15) is 0 Å². The number of carbonyl (C=O) groups excluding carboxylic acids is 2. The maximum atomic E-state index is 11.9. The lowest BCUT2D eigenvalue weighted by molar-refractivity contribution is -0.120. The third-order valence-corrected chi connectivity index (χ3v) is 4.29. The Balaban J connectivity index is 1.63. The molecule has 1 aliphatic rings. The normalized spacial score (nSPS) is 14.8. The number of hydrogen-bond donors (Lipinski definition) is 3. The molecule has 1 saturated carbocycles. The van der Waals surface area contributed by atoms with E-state index in [0.717, 1.165) is 6.42 Å². The zero-order chi connectivity index (χ0) is 16.5. The predicted octanol–water partition coefficient (Wildman–Crippen LogP) is 2.68. The second kappa shape index (κ2) is 9.25. The molecule has 0 aromatic heterocycles. The molecule has 1 aliphatic carbocycles. The Hall–Kier alpha value is -1.95. The Morgan fingerprint density at radius 2 is 1.74 bits per heavy atom. The van der Waals surface area contributed by atoms with Gasteiger partial charge < -0.3 is 5.32 Å². The number of hydrogen-bond acceptors (Lipinski definition) is 3. The molecule has 0 heterocycles. The summed E-state index contributed by atoms with van der Waals surface area (Å²) in [6, 6.07) is 8.79. The van der Waals surface area contributed by atoms with Crippen molar-refractivity contribution >= 4 is 29.1 Å². The lowest BCUT2D eigenvalue weighted by atomic mass is 9.86. The van der Waals surface area contributed by atoms with Gasteiger partial charge in [-0.25, -0.2) is 0 Å². The molecule has 6 heteroatoms. The van der Waals surface area contributed by atoms with E-state index >= 15 is 0 Å². The van der Waals surface area contributed by atoms with E-state index < -0.39 is 0 Å². The van der Waals surface area contributed by atoms with Gasteiger partial charge in [0, 0.05) is 12.0 Å². The molecule has 0 unspecified atom stereocenters. The van der Waals surface area contributed by atoms with Crippen LogP contribution in [-0.4, -0.2) is 16.9 Å². The lowest BCUT2D eigenvalue weighted by Crippen LogP contribution is -2.48. The maximum absolute atomic E-state index is 11.9. The first-order chi connectivity index (χ1) is 11.1. The Morgan fingerprint density at radius 1 is 1.04 bits per heavy atom. The monoisotopic (exact) mass is 333 g/mol. The Kier molecular flexibility index (Phi) is 7.00. The largest absolute Gasteiger partial charge is 0.302 e. The maximum Gasteiger partial charge on any atom is 0.269 e. The van der Waals surface area contributed by atoms with Crippen LogP contribution in [0.15, 0.2) is 30.3 Å². The number of thiocarbonyl (C=S) groups is 1. The molecule has 0 radical (unpaired) electrons. The van der Waals surface area contributed by atoms with Gasteiger partial charge in [-0.1, -0.05) is 50.3 Å². The van der Waals surface area contributed by atoms with Gasteiger partial charge in [0.05, 0.1) is 0 Å². The number of carbonyl (C=O) groups is 2. The molecule has 2 rings (SSSR count). The highest BCUT2D eigenvalue weighted by Crippen LogP contribution is 2.27. The summed E-state index contributed by atoms with van der Waals surface area (Å²) < 4.78 is 0. The fraction of sp³-hybridized carbons (Fsp3) is 0.471. The van der Waals surface area contributed by atoms with Crippen LogP contribution in [0.25, 0.3) is 0 Å². The molecular weight excluding hydrogens is 310 g/mol. The van der Waals surface area contributed by atoms with Crippen molar-refractivity contribution in [2.75, 3.05) is 0 Å². The van der Waals surface area contributed by atoms with E-state index in [1.807, 2.05) is 6.07 Å². The first-order valence-electron chi connectivity index (χ1n) is 8.10. The van der Waals surface area contributed by atoms with E-state index in [-0.39, 0.29) is 16.9 Å². The molecule has 124 valence electrons. The smallest absolute Gasteiger partial charge is 0.269 e. The van der Waals surface area contributed by atoms with Crippen LogP contribution in [0.2, 0.25) is 0 Å². The van der Waals surface area contributed by atoms with Crippen molar-refractivity contribution < 1.29 is 9.59 Å². The minimum absolute atomic E-state index is 0.109. The average Bonchev–Trinajstić information content (AvgIpc) is 2.59. The molecule has 0 atom stereocenters. The lowest BCUT2D eigenvalue weighted by Gasteiger charge is -2.21. The molecule has 1 aromatic rings. The highest BCUT2D eigenvalue weighted by molar-refractivity contribution is 7.80. The minimum Gasteiger partial charge on any atom is -0.302 e. The average molecular weight is 333 g/mol. The SMILES string of the molecule is O=C(CCC1CCCCC1)NC(=S)NNC(=O)c1ccccc1. The summed E-state index contributed by atoms with van der Waals surface area (Å²) in [6.07, 6.45) is 7.70. The Labute approximate surface area is 142 Å². The van der Waals surface area contributed by atoms with Gasteiger partial charge in [0.1, 0.15) is 0 Å². The van der Waals surface area contributed by atoms with Gasteiger partial charge in [0.15, 0.2) is 5.11 Å². The topological polar surface area (TPSA) is 70.2 Å². The van der Waals surface area contributed by atoms with Gasteiger partial charge in [-0.3, -0.25) is 20.4 Å². The molecule has 3 N–H and O–H groups in total. The van der Waals surface area contributed by atoms with Crippen LogP contribution in [0.3, 0.4) is 0 Å². The van der Waals surface area contributed by atoms with Crippen molar-refractivity contribution in [1.82, 2.24) is 16.2 Å². The predicted molar refractivity (Wildman–Crippen MR) is 93.6 cm³/mol. The van der Waals surface area contributed by atoms with Crippen molar-refractivity contribution in [2.45, 2.75) is 44.9 Å². The first-order valence-corrected chi connectivity index (χ1v) is 8.51. The summed E-state index contributed by atoms with van der Waals surface area (Å²) in [7, 11) is 0. The number of hydrazine groups is 1. The standard InChI is InChI=1S/C17H23N3O2S/c21-15(12-11-13-7-3-1-4-8-13)18-17(23)20-19-16(22)14-9-5-2-6-10-14/h2,5-6,9-10,13H,1,3-4,7-8,11-12H2,(H,19,22)(H2,18,20,21,23). The highest BCUT2D eigenvalue weighted by Gasteiger charge is 2.15. The number of amides is 2. The van der Waals surface area contributed by atoms with E-state index in [2.05, 4.69) is 16.2 Å². The zero-order valence-electron chi connectivity index (χ0n) is 13.1. The minimum atomic E-state index is -0.301. The zero-order valence-corrected chi connectivity index (χ0v) is 14.0. The van der Waals surface area contributed by atoms with Crippen LogP contribution in [0, 0.1) is 5.92 Å². The molecule has 0 aliphatic heterocycles. The van der Waals surface area contributed by atoms with Crippen LogP contribution < -0.4 is 16.2 Å². The molecule has 23 heavy (non-hydrogen) atoms.